The van der Waals surface area contributed by atoms with E-state index in [2.05, 4.69) is 32.6 Å². The first-order valence-electron chi connectivity index (χ1n) is 6.94. The van der Waals surface area contributed by atoms with Crippen LogP contribution < -0.4 is 5.73 Å². The summed E-state index contributed by atoms with van der Waals surface area (Å²) >= 11 is 0. The van der Waals surface area contributed by atoms with Gasteiger partial charge in [-0.15, -0.1) is 0 Å². The third-order valence-electron chi connectivity index (χ3n) is 4.13. The molecule has 2 nitrogen and oxygen atoms in total. The third kappa shape index (κ3) is 3.74. The van der Waals surface area contributed by atoms with Crippen LogP contribution >= 0.6 is 0 Å². The van der Waals surface area contributed by atoms with Crippen LogP contribution in [0.4, 0.5) is 0 Å². The summed E-state index contributed by atoms with van der Waals surface area (Å²) in [4.78, 5) is 2.66. The van der Waals surface area contributed by atoms with E-state index in [1.165, 1.54) is 32.2 Å². The Labute approximate surface area is 102 Å². The molecule has 1 rings (SSSR count). The van der Waals surface area contributed by atoms with Gasteiger partial charge in [0.2, 0.25) is 0 Å². The molecule has 0 heterocycles. The lowest BCUT2D eigenvalue weighted by Gasteiger charge is -2.41. The van der Waals surface area contributed by atoms with Crippen LogP contribution in [0.25, 0.3) is 0 Å². The van der Waals surface area contributed by atoms with Gasteiger partial charge in [0.05, 0.1) is 0 Å². The first kappa shape index (κ1) is 14.0. The molecule has 2 unspecified atom stereocenters. The van der Waals surface area contributed by atoms with Gasteiger partial charge in [-0.3, -0.25) is 4.90 Å². The molecule has 0 aromatic rings. The van der Waals surface area contributed by atoms with Crippen LogP contribution in [0.15, 0.2) is 0 Å². The van der Waals surface area contributed by atoms with Crippen molar-refractivity contribution in [3.8, 4) is 0 Å². The van der Waals surface area contributed by atoms with Crippen LogP contribution in [0, 0.1) is 11.3 Å². The van der Waals surface area contributed by atoms with E-state index < -0.39 is 0 Å². The predicted octanol–water partition coefficient (Wildman–Crippen LogP) is 2.87. The predicted molar refractivity (Wildman–Crippen MR) is 71.5 cm³/mol. The maximum Gasteiger partial charge on any atom is 0.0121 e. The average Bonchev–Trinajstić information content (AvgIpc) is 2.27. The normalized spacial score (nSPS) is 27.4. The molecule has 0 spiro atoms. The largest absolute Gasteiger partial charge is 0.330 e. The molecule has 2 heteroatoms. The Morgan fingerprint density at radius 1 is 1.25 bits per heavy atom. The van der Waals surface area contributed by atoms with Crippen LogP contribution in [0.3, 0.4) is 0 Å². The molecule has 0 amide bonds. The lowest BCUT2D eigenvalue weighted by atomic mass is 9.83. The topological polar surface area (TPSA) is 29.3 Å². The first-order chi connectivity index (χ1) is 7.50. The molecule has 2 N–H and O–H groups in total. The zero-order valence-electron chi connectivity index (χ0n) is 11.6. The summed E-state index contributed by atoms with van der Waals surface area (Å²) < 4.78 is 0. The van der Waals surface area contributed by atoms with Gasteiger partial charge in [-0.2, -0.15) is 0 Å². The van der Waals surface area contributed by atoms with E-state index in [4.69, 9.17) is 5.73 Å². The van der Waals surface area contributed by atoms with Crippen LogP contribution in [-0.2, 0) is 0 Å². The zero-order chi connectivity index (χ0) is 12.2. The monoisotopic (exact) mass is 226 g/mol. The Morgan fingerprint density at radius 2 is 1.88 bits per heavy atom. The van der Waals surface area contributed by atoms with Gasteiger partial charge in [-0.1, -0.05) is 40.5 Å². The van der Waals surface area contributed by atoms with Gasteiger partial charge in [0, 0.05) is 12.6 Å². The molecule has 0 bridgehead atoms. The summed E-state index contributed by atoms with van der Waals surface area (Å²) in [6.07, 6.45) is 5.63. The molecular weight excluding hydrogens is 196 g/mol. The van der Waals surface area contributed by atoms with Crippen LogP contribution in [0.2, 0.25) is 0 Å². The molecule has 1 aliphatic rings. The highest BCUT2D eigenvalue weighted by molar-refractivity contribution is 4.84. The molecule has 96 valence electrons. The molecule has 0 saturated heterocycles. The minimum absolute atomic E-state index is 0.257. The molecule has 1 saturated carbocycles. The van der Waals surface area contributed by atoms with E-state index in [-0.39, 0.29) is 5.41 Å². The van der Waals surface area contributed by atoms with Crippen molar-refractivity contribution in [3.63, 3.8) is 0 Å². The molecule has 0 aromatic heterocycles. The second-order valence-corrected chi connectivity index (χ2v) is 6.26. The van der Waals surface area contributed by atoms with E-state index in [0.29, 0.717) is 0 Å². The minimum atomic E-state index is 0.257. The van der Waals surface area contributed by atoms with Gasteiger partial charge >= 0.3 is 0 Å². The van der Waals surface area contributed by atoms with Gasteiger partial charge in [-0.25, -0.2) is 0 Å². The molecule has 16 heavy (non-hydrogen) atoms. The van der Waals surface area contributed by atoms with Crippen molar-refractivity contribution >= 4 is 0 Å². The number of hydrogen-bond donors (Lipinski definition) is 1. The number of nitrogens with zero attached hydrogens (tertiary/aromatic N) is 1. The summed E-state index contributed by atoms with van der Waals surface area (Å²) in [5.41, 5.74) is 6.10. The van der Waals surface area contributed by atoms with E-state index in [0.717, 1.165) is 25.0 Å². The standard InChI is InChI=1S/C14H30N2/c1-5-16(11-14(3,4)10-15)13-9-7-6-8-12(13)2/h12-13H,5-11,15H2,1-4H3. The first-order valence-corrected chi connectivity index (χ1v) is 6.94. The van der Waals surface area contributed by atoms with Crippen molar-refractivity contribution in [1.29, 1.82) is 0 Å². The summed E-state index contributed by atoms with van der Waals surface area (Å²) in [7, 11) is 0. The van der Waals surface area contributed by atoms with Crippen molar-refractivity contribution < 1.29 is 0 Å². The van der Waals surface area contributed by atoms with E-state index in [1.807, 2.05) is 0 Å². The molecular formula is C14H30N2. The van der Waals surface area contributed by atoms with Crippen LogP contribution in [0.1, 0.15) is 53.4 Å². The van der Waals surface area contributed by atoms with E-state index in [1.54, 1.807) is 0 Å². The molecule has 2 atom stereocenters. The fourth-order valence-corrected chi connectivity index (χ4v) is 2.92. The number of nitrogens with two attached hydrogens (primary N) is 1. The van der Waals surface area contributed by atoms with Crippen molar-refractivity contribution in [2.45, 2.75) is 59.4 Å². The Morgan fingerprint density at radius 3 is 2.38 bits per heavy atom. The van der Waals surface area contributed by atoms with Gasteiger partial charge in [-0.05, 0) is 37.3 Å². The Bertz CT molecular complexity index is 201. The van der Waals surface area contributed by atoms with Crippen molar-refractivity contribution in [2.24, 2.45) is 17.1 Å². The molecule has 1 aliphatic carbocycles. The summed E-state index contributed by atoms with van der Waals surface area (Å²) in [5.74, 6) is 0.863. The smallest absolute Gasteiger partial charge is 0.0121 e. The maximum atomic E-state index is 5.85. The Hall–Kier alpha value is -0.0800. The second kappa shape index (κ2) is 6.02. The summed E-state index contributed by atoms with van der Waals surface area (Å²) in [5, 5.41) is 0. The van der Waals surface area contributed by atoms with E-state index >= 15 is 0 Å². The fraction of sp³-hybridized carbons (Fsp3) is 1.00. The number of hydrogen-bond acceptors (Lipinski definition) is 2. The lowest BCUT2D eigenvalue weighted by Crippen LogP contribution is -2.47. The van der Waals surface area contributed by atoms with Crippen LogP contribution in [-0.4, -0.2) is 30.6 Å². The molecule has 0 aliphatic heterocycles. The highest BCUT2D eigenvalue weighted by Crippen LogP contribution is 2.29. The Balaban J connectivity index is 2.58. The quantitative estimate of drug-likeness (QED) is 0.781. The minimum Gasteiger partial charge on any atom is -0.330 e. The van der Waals surface area contributed by atoms with Crippen molar-refractivity contribution in [2.75, 3.05) is 19.6 Å². The summed E-state index contributed by atoms with van der Waals surface area (Å²) in [6, 6.07) is 0.796. The molecule has 0 aromatic carbocycles. The zero-order valence-corrected chi connectivity index (χ0v) is 11.6. The lowest BCUT2D eigenvalue weighted by molar-refractivity contribution is 0.0800. The summed E-state index contributed by atoms with van der Waals surface area (Å²) in [6.45, 7) is 12.4. The Kier molecular flexibility index (Phi) is 5.26. The van der Waals surface area contributed by atoms with Crippen molar-refractivity contribution in [3.05, 3.63) is 0 Å². The highest BCUT2D eigenvalue weighted by Gasteiger charge is 2.29. The van der Waals surface area contributed by atoms with Gasteiger partial charge in [0.25, 0.3) is 0 Å². The molecule has 0 radical (unpaired) electrons. The molecule has 1 fully saturated rings. The van der Waals surface area contributed by atoms with Gasteiger partial charge < -0.3 is 5.73 Å². The highest BCUT2D eigenvalue weighted by atomic mass is 15.2. The van der Waals surface area contributed by atoms with Crippen molar-refractivity contribution in [1.82, 2.24) is 4.90 Å². The number of rotatable bonds is 5. The SMILES string of the molecule is CCN(CC(C)(C)CN)C1CCCCC1C. The van der Waals surface area contributed by atoms with E-state index in [9.17, 15) is 0 Å². The van der Waals surface area contributed by atoms with Gasteiger partial charge in [0.15, 0.2) is 0 Å². The van der Waals surface area contributed by atoms with Crippen LogP contribution in [0.5, 0.6) is 0 Å². The second-order valence-electron chi connectivity index (χ2n) is 6.26. The third-order valence-corrected chi connectivity index (χ3v) is 4.13. The van der Waals surface area contributed by atoms with Gasteiger partial charge in [0.1, 0.15) is 0 Å². The average molecular weight is 226 g/mol. The maximum absolute atomic E-state index is 5.85. The fourth-order valence-electron chi connectivity index (χ4n) is 2.92.